The molecule has 0 fully saturated rings. The lowest BCUT2D eigenvalue weighted by molar-refractivity contribution is 0.0860. The van der Waals surface area contributed by atoms with E-state index in [1.54, 1.807) is 42.7 Å². The summed E-state index contributed by atoms with van der Waals surface area (Å²) in [5, 5.41) is 12.3. The maximum atomic E-state index is 12.7. The smallest absolute Gasteiger partial charge is 0.252 e. The van der Waals surface area contributed by atoms with E-state index >= 15 is 0 Å². The fourth-order valence-electron chi connectivity index (χ4n) is 2.85. The lowest BCUT2D eigenvalue weighted by Gasteiger charge is -2.15. The van der Waals surface area contributed by atoms with E-state index in [1.807, 2.05) is 20.8 Å². The average Bonchev–Trinajstić information content (AvgIpc) is 3.14. The van der Waals surface area contributed by atoms with Crippen molar-refractivity contribution in [3.05, 3.63) is 52.7 Å². The number of nitrogens with zero attached hydrogens (tertiary/aromatic N) is 4. The zero-order chi connectivity index (χ0) is 23.7. The van der Waals surface area contributed by atoms with Gasteiger partial charge >= 0.3 is 0 Å². The number of H-pyrrole nitrogens is 1. The van der Waals surface area contributed by atoms with Gasteiger partial charge in [0.1, 0.15) is 17.4 Å². The second-order valence-corrected chi connectivity index (χ2v) is 10.5. The van der Waals surface area contributed by atoms with Gasteiger partial charge in [-0.15, -0.1) is 0 Å². The molecule has 2 heterocycles. The summed E-state index contributed by atoms with van der Waals surface area (Å²) in [5.41, 5.74) is 2.19. The van der Waals surface area contributed by atoms with Gasteiger partial charge in [0.2, 0.25) is 0 Å². The number of hydrogen-bond acceptors (Lipinski definition) is 7. The first-order chi connectivity index (χ1) is 14.9. The standard InChI is InChI=1S/C22H24N6O3S/c1-22(2,3)20(29)17-12-24-21-19(17)27-18(13-25-21)26-15-8-6-14(7-9-15)10-16(11-23)32(30,31)28(4)5/h6-10,12-13H,1-5H3,(H,24,25)(H,26,27). The molecule has 166 valence electrons. The molecule has 10 heteroatoms. The fraction of sp³-hybridized carbons (Fsp3) is 0.273. The van der Waals surface area contributed by atoms with Crippen LogP contribution < -0.4 is 5.32 Å². The Labute approximate surface area is 186 Å². The number of rotatable bonds is 6. The Hall–Kier alpha value is -3.55. The van der Waals surface area contributed by atoms with Crippen LogP contribution in [0.25, 0.3) is 17.2 Å². The molecule has 0 amide bonds. The molecule has 0 saturated carbocycles. The summed E-state index contributed by atoms with van der Waals surface area (Å²) < 4.78 is 25.3. The van der Waals surface area contributed by atoms with E-state index in [2.05, 4.69) is 20.3 Å². The molecule has 0 saturated heterocycles. The number of aromatic amines is 1. The van der Waals surface area contributed by atoms with Crippen LogP contribution in [0, 0.1) is 16.7 Å². The summed E-state index contributed by atoms with van der Waals surface area (Å²) in [5.74, 6) is 0.420. The summed E-state index contributed by atoms with van der Waals surface area (Å²) in [4.78, 5) is 24.2. The number of sulfonamides is 1. The Morgan fingerprint density at radius 2 is 1.88 bits per heavy atom. The van der Waals surface area contributed by atoms with Gasteiger partial charge in [-0.3, -0.25) is 4.79 Å². The SMILES string of the molecule is CN(C)S(=O)(=O)C(C#N)=Cc1ccc(Nc2cnc3[nH]cc(C(=O)C(C)(C)C)c3n2)cc1. The van der Waals surface area contributed by atoms with Crippen molar-refractivity contribution >= 4 is 44.6 Å². The van der Waals surface area contributed by atoms with Gasteiger partial charge in [0.05, 0.1) is 11.8 Å². The van der Waals surface area contributed by atoms with E-state index in [9.17, 15) is 18.5 Å². The summed E-state index contributed by atoms with van der Waals surface area (Å²) >= 11 is 0. The first kappa shape index (κ1) is 23.1. The van der Waals surface area contributed by atoms with Crippen molar-refractivity contribution in [3.63, 3.8) is 0 Å². The van der Waals surface area contributed by atoms with Gasteiger partial charge in [0, 0.05) is 31.4 Å². The molecule has 0 aliphatic heterocycles. The van der Waals surface area contributed by atoms with Gasteiger partial charge in [0.25, 0.3) is 10.0 Å². The molecule has 2 N–H and O–H groups in total. The number of ketones is 1. The predicted molar refractivity (Wildman–Crippen MR) is 124 cm³/mol. The first-order valence-electron chi connectivity index (χ1n) is 9.74. The van der Waals surface area contributed by atoms with Crippen molar-refractivity contribution in [2.24, 2.45) is 5.41 Å². The number of hydrogen-bond donors (Lipinski definition) is 2. The van der Waals surface area contributed by atoms with Gasteiger partial charge in [-0.2, -0.15) is 5.26 Å². The topological polar surface area (TPSA) is 132 Å². The molecule has 3 rings (SSSR count). The highest BCUT2D eigenvalue weighted by molar-refractivity contribution is 7.93. The van der Waals surface area contributed by atoms with E-state index in [0.717, 1.165) is 4.31 Å². The largest absolute Gasteiger partial charge is 0.344 e. The van der Waals surface area contributed by atoms with Crippen LogP contribution in [-0.4, -0.2) is 47.6 Å². The Morgan fingerprint density at radius 3 is 2.44 bits per heavy atom. The molecule has 1 aromatic carbocycles. The number of Topliss-reactive ketones (excluding diaryl/α,β-unsaturated/α-hetero) is 1. The minimum atomic E-state index is -3.81. The summed E-state index contributed by atoms with van der Waals surface area (Å²) in [7, 11) is -1.07. The highest BCUT2D eigenvalue weighted by Gasteiger charge is 2.26. The third-order valence-electron chi connectivity index (χ3n) is 4.66. The van der Waals surface area contributed by atoms with Crippen LogP contribution in [0.2, 0.25) is 0 Å². The minimum Gasteiger partial charge on any atom is -0.344 e. The van der Waals surface area contributed by atoms with Crippen molar-refractivity contribution in [3.8, 4) is 6.07 Å². The van der Waals surface area contributed by atoms with E-state index in [-0.39, 0.29) is 10.7 Å². The van der Waals surface area contributed by atoms with Crippen LogP contribution in [0.1, 0.15) is 36.7 Å². The van der Waals surface area contributed by atoms with E-state index < -0.39 is 15.4 Å². The molecule has 3 aromatic rings. The normalized spacial score (nSPS) is 12.7. The molecule has 32 heavy (non-hydrogen) atoms. The number of carbonyl (C=O) groups excluding carboxylic acids is 1. The molecular formula is C22H24N6O3S. The average molecular weight is 453 g/mol. The van der Waals surface area contributed by atoms with Gasteiger partial charge in [-0.05, 0) is 23.8 Å². The number of nitriles is 1. The molecule has 2 aromatic heterocycles. The van der Waals surface area contributed by atoms with Gasteiger partial charge in [-0.25, -0.2) is 22.7 Å². The molecule has 0 spiro atoms. The van der Waals surface area contributed by atoms with Crippen LogP contribution >= 0.6 is 0 Å². The van der Waals surface area contributed by atoms with Crippen molar-refractivity contribution < 1.29 is 13.2 Å². The molecule has 0 aliphatic carbocycles. The molecule has 0 radical (unpaired) electrons. The predicted octanol–water partition coefficient (Wildman–Crippen LogP) is 3.69. The maximum Gasteiger partial charge on any atom is 0.252 e. The third kappa shape index (κ3) is 4.69. The van der Waals surface area contributed by atoms with Gasteiger partial charge < -0.3 is 10.3 Å². The Balaban J connectivity index is 1.87. The van der Waals surface area contributed by atoms with Crippen LogP contribution in [0.5, 0.6) is 0 Å². The highest BCUT2D eigenvalue weighted by atomic mass is 32.2. The number of benzene rings is 1. The van der Waals surface area contributed by atoms with E-state index in [1.165, 1.54) is 20.2 Å². The molecule has 0 aliphatic rings. The zero-order valence-corrected chi connectivity index (χ0v) is 19.3. The monoisotopic (exact) mass is 452 g/mol. The molecule has 9 nitrogen and oxygen atoms in total. The van der Waals surface area contributed by atoms with Crippen LogP contribution in [-0.2, 0) is 10.0 Å². The van der Waals surface area contributed by atoms with Crippen LogP contribution in [0.15, 0.2) is 41.6 Å². The van der Waals surface area contributed by atoms with Crippen molar-refractivity contribution in [1.82, 2.24) is 19.3 Å². The van der Waals surface area contributed by atoms with Crippen LogP contribution in [0.3, 0.4) is 0 Å². The van der Waals surface area contributed by atoms with Gasteiger partial charge in [-0.1, -0.05) is 32.9 Å². The Morgan fingerprint density at radius 1 is 1.22 bits per heavy atom. The van der Waals surface area contributed by atoms with E-state index in [4.69, 9.17) is 0 Å². The summed E-state index contributed by atoms with van der Waals surface area (Å²) in [6.07, 6.45) is 4.49. The minimum absolute atomic E-state index is 0.0349. The van der Waals surface area contributed by atoms with Crippen molar-refractivity contribution in [2.45, 2.75) is 20.8 Å². The van der Waals surface area contributed by atoms with E-state index in [0.29, 0.717) is 33.8 Å². The fourth-order valence-corrected chi connectivity index (χ4v) is 3.65. The number of allylic oxidation sites excluding steroid dienone is 1. The lowest BCUT2D eigenvalue weighted by Crippen LogP contribution is -2.23. The molecule has 0 unspecified atom stereocenters. The van der Waals surface area contributed by atoms with Crippen molar-refractivity contribution in [1.29, 1.82) is 5.26 Å². The molecule has 0 bridgehead atoms. The molecule has 0 atom stereocenters. The summed E-state index contributed by atoms with van der Waals surface area (Å²) in [6, 6.07) is 8.56. The van der Waals surface area contributed by atoms with Crippen molar-refractivity contribution in [2.75, 3.05) is 19.4 Å². The molecular weight excluding hydrogens is 428 g/mol. The second-order valence-electron chi connectivity index (χ2n) is 8.39. The third-order valence-corrected chi connectivity index (χ3v) is 6.38. The summed E-state index contributed by atoms with van der Waals surface area (Å²) in [6.45, 7) is 5.55. The number of fused-ring (bicyclic) bond motifs is 1. The number of aromatic nitrogens is 3. The van der Waals surface area contributed by atoms with Gasteiger partial charge in [0.15, 0.2) is 16.3 Å². The Bertz CT molecular complexity index is 1340. The lowest BCUT2D eigenvalue weighted by atomic mass is 9.87. The number of nitrogens with one attached hydrogen (secondary N) is 2. The second kappa shape index (κ2) is 8.53. The van der Waals surface area contributed by atoms with Crippen LogP contribution in [0.4, 0.5) is 11.5 Å². The number of anilines is 2. The highest BCUT2D eigenvalue weighted by Crippen LogP contribution is 2.26. The number of carbonyl (C=O) groups is 1. The quantitative estimate of drug-likeness (QED) is 0.430. The Kier molecular flexibility index (Phi) is 6.16. The first-order valence-corrected chi connectivity index (χ1v) is 11.2. The zero-order valence-electron chi connectivity index (χ0n) is 18.5. The maximum absolute atomic E-state index is 12.7.